The SMILES string of the molecule is Clc1ccc2ccc3c(cc4ccccn43)c2c1. The first-order valence-corrected chi connectivity index (χ1v) is 6.29. The van der Waals surface area contributed by atoms with Crippen LogP contribution < -0.4 is 0 Å². The smallest absolute Gasteiger partial charge is 0.0535 e. The molecule has 0 aliphatic carbocycles. The second-order valence-electron chi connectivity index (χ2n) is 4.50. The van der Waals surface area contributed by atoms with Gasteiger partial charge in [-0.25, -0.2) is 0 Å². The standard InChI is InChI=1S/C16H10ClN/c17-12-6-4-11-5-7-16-15(14(11)9-12)10-13-3-1-2-8-18(13)16/h1-10H. The minimum absolute atomic E-state index is 0.783. The minimum Gasteiger partial charge on any atom is -0.317 e. The molecule has 0 amide bonds. The van der Waals surface area contributed by atoms with E-state index in [1.54, 1.807) is 0 Å². The van der Waals surface area contributed by atoms with Crippen molar-refractivity contribution in [2.75, 3.05) is 0 Å². The number of nitrogens with zero attached hydrogens (tertiary/aromatic N) is 1. The van der Waals surface area contributed by atoms with Gasteiger partial charge in [-0.1, -0.05) is 29.8 Å². The summed E-state index contributed by atoms with van der Waals surface area (Å²) < 4.78 is 2.20. The summed E-state index contributed by atoms with van der Waals surface area (Å²) in [6.45, 7) is 0. The van der Waals surface area contributed by atoms with Crippen molar-refractivity contribution in [2.24, 2.45) is 0 Å². The Morgan fingerprint density at radius 2 is 1.72 bits per heavy atom. The van der Waals surface area contributed by atoms with Crippen LogP contribution in [0.2, 0.25) is 5.02 Å². The average Bonchev–Trinajstić information content (AvgIpc) is 2.78. The highest BCUT2D eigenvalue weighted by molar-refractivity contribution is 6.31. The van der Waals surface area contributed by atoms with Gasteiger partial charge in [-0.15, -0.1) is 0 Å². The Morgan fingerprint density at radius 3 is 2.67 bits per heavy atom. The monoisotopic (exact) mass is 251 g/mol. The lowest BCUT2D eigenvalue weighted by molar-refractivity contribution is 1.25. The summed E-state index contributed by atoms with van der Waals surface area (Å²) in [5.74, 6) is 0. The van der Waals surface area contributed by atoms with E-state index >= 15 is 0 Å². The van der Waals surface area contributed by atoms with Gasteiger partial charge in [0.1, 0.15) is 0 Å². The Hall–Kier alpha value is -1.99. The van der Waals surface area contributed by atoms with Crippen LogP contribution in [0.5, 0.6) is 0 Å². The molecule has 1 nitrogen and oxygen atoms in total. The molecule has 2 heterocycles. The van der Waals surface area contributed by atoms with E-state index in [4.69, 9.17) is 11.6 Å². The predicted octanol–water partition coefficient (Wildman–Crippen LogP) is 4.90. The highest BCUT2D eigenvalue weighted by Gasteiger charge is 2.06. The van der Waals surface area contributed by atoms with E-state index in [1.165, 1.54) is 27.2 Å². The van der Waals surface area contributed by atoms with Crippen LogP contribution in [0.4, 0.5) is 0 Å². The molecule has 4 rings (SSSR count). The lowest BCUT2D eigenvalue weighted by atomic mass is 10.1. The number of benzene rings is 2. The Bertz CT molecular complexity index is 889. The molecule has 0 fully saturated rings. The molecule has 0 spiro atoms. The van der Waals surface area contributed by atoms with Gasteiger partial charge in [0.2, 0.25) is 0 Å². The fraction of sp³-hybridized carbons (Fsp3) is 0. The Kier molecular flexibility index (Phi) is 1.94. The predicted molar refractivity (Wildman–Crippen MR) is 77.4 cm³/mol. The molecule has 0 aliphatic rings. The normalized spacial score (nSPS) is 11.6. The maximum Gasteiger partial charge on any atom is 0.0535 e. The van der Waals surface area contributed by atoms with Crippen molar-refractivity contribution in [3.8, 4) is 0 Å². The quantitative estimate of drug-likeness (QED) is 0.419. The van der Waals surface area contributed by atoms with Gasteiger partial charge in [0, 0.05) is 22.1 Å². The molecule has 0 bridgehead atoms. The van der Waals surface area contributed by atoms with E-state index in [1.807, 2.05) is 12.1 Å². The summed E-state index contributed by atoms with van der Waals surface area (Å²) in [6.07, 6.45) is 2.09. The second-order valence-corrected chi connectivity index (χ2v) is 4.94. The first-order valence-electron chi connectivity index (χ1n) is 5.91. The average molecular weight is 252 g/mol. The molecule has 2 heteroatoms. The van der Waals surface area contributed by atoms with Crippen molar-refractivity contribution in [3.05, 3.63) is 65.8 Å². The Balaban J connectivity index is 2.31. The summed E-state index contributed by atoms with van der Waals surface area (Å²) in [5.41, 5.74) is 2.43. The lowest BCUT2D eigenvalue weighted by Crippen LogP contribution is -1.81. The fourth-order valence-electron chi connectivity index (χ4n) is 2.61. The highest BCUT2D eigenvalue weighted by atomic mass is 35.5. The van der Waals surface area contributed by atoms with Gasteiger partial charge in [-0.3, -0.25) is 0 Å². The number of pyridine rings is 1. The zero-order valence-corrected chi connectivity index (χ0v) is 10.4. The topological polar surface area (TPSA) is 4.41 Å². The van der Waals surface area contributed by atoms with Gasteiger partial charge in [0.05, 0.1) is 5.52 Å². The largest absolute Gasteiger partial charge is 0.317 e. The van der Waals surface area contributed by atoms with Crippen LogP contribution in [0.15, 0.2) is 60.8 Å². The van der Waals surface area contributed by atoms with Crippen molar-refractivity contribution >= 4 is 38.8 Å². The molecule has 0 atom stereocenters. The van der Waals surface area contributed by atoms with Crippen LogP contribution in [0.1, 0.15) is 0 Å². The fourth-order valence-corrected chi connectivity index (χ4v) is 2.78. The van der Waals surface area contributed by atoms with E-state index in [0.717, 1.165) is 5.02 Å². The van der Waals surface area contributed by atoms with Crippen molar-refractivity contribution in [2.45, 2.75) is 0 Å². The van der Waals surface area contributed by atoms with Crippen molar-refractivity contribution in [1.29, 1.82) is 0 Å². The molecule has 86 valence electrons. The summed E-state index contributed by atoms with van der Waals surface area (Å²) >= 11 is 6.11. The molecule has 18 heavy (non-hydrogen) atoms. The van der Waals surface area contributed by atoms with Gasteiger partial charge < -0.3 is 4.40 Å². The first kappa shape index (κ1) is 9.98. The van der Waals surface area contributed by atoms with Crippen LogP contribution >= 0.6 is 11.6 Å². The van der Waals surface area contributed by atoms with E-state index in [2.05, 4.69) is 53.1 Å². The summed E-state index contributed by atoms with van der Waals surface area (Å²) in [7, 11) is 0. The number of halogens is 1. The molecule has 2 aromatic heterocycles. The first-order chi connectivity index (χ1) is 8.83. The van der Waals surface area contributed by atoms with Gasteiger partial charge in [0.15, 0.2) is 0 Å². The molecule has 2 aromatic carbocycles. The van der Waals surface area contributed by atoms with Crippen molar-refractivity contribution in [1.82, 2.24) is 4.40 Å². The number of hydrogen-bond acceptors (Lipinski definition) is 0. The summed E-state index contributed by atoms with van der Waals surface area (Å²) in [5, 5.41) is 4.47. The highest BCUT2D eigenvalue weighted by Crippen LogP contribution is 2.30. The molecule has 0 saturated heterocycles. The second kappa shape index (κ2) is 3.50. The molecule has 0 unspecified atom stereocenters. The number of hydrogen-bond donors (Lipinski definition) is 0. The van der Waals surface area contributed by atoms with E-state index in [0.29, 0.717) is 0 Å². The zero-order chi connectivity index (χ0) is 12.1. The van der Waals surface area contributed by atoms with Gasteiger partial charge >= 0.3 is 0 Å². The molecular weight excluding hydrogens is 242 g/mol. The van der Waals surface area contributed by atoms with E-state index in [-0.39, 0.29) is 0 Å². The molecule has 0 N–H and O–H groups in total. The summed E-state index contributed by atoms with van der Waals surface area (Å²) in [4.78, 5) is 0. The minimum atomic E-state index is 0.783. The van der Waals surface area contributed by atoms with Gasteiger partial charge in [0.25, 0.3) is 0 Å². The molecule has 0 radical (unpaired) electrons. The zero-order valence-electron chi connectivity index (χ0n) is 9.60. The third-order valence-corrected chi connectivity index (χ3v) is 3.68. The third-order valence-electron chi connectivity index (χ3n) is 3.45. The Labute approximate surface area is 109 Å². The molecule has 4 aromatic rings. The molecule has 0 aliphatic heterocycles. The van der Waals surface area contributed by atoms with E-state index in [9.17, 15) is 0 Å². The third kappa shape index (κ3) is 1.28. The van der Waals surface area contributed by atoms with Gasteiger partial charge in [-0.2, -0.15) is 0 Å². The van der Waals surface area contributed by atoms with Crippen LogP contribution in [0, 0.1) is 0 Å². The summed E-state index contributed by atoms with van der Waals surface area (Å²) in [6, 6.07) is 18.8. The van der Waals surface area contributed by atoms with Crippen LogP contribution in [-0.2, 0) is 0 Å². The molecular formula is C16H10ClN. The van der Waals surface area contributed by atoms with Crippen LogP contribution in [-0.4, -0.2) is 4.40 Å². The van der Waals surface area contributed by atoms with Crippen molar-refractivity contribution in [3.63, 3.8) is 0 Å². The van der Waals surface area contributed by atoms with Gasteiger partial charge in [-0.05, 0) is 47.2 Å². The van der Waals surface area contributed by atoms with Crippen LogP contribution in [0.3, 0.4) is 0 Å². The van der Waals surface area contributed by atoms with Crippen molar-refractivity contribution < 1.29 is 0 Å². The lowest BCUT2D eigenvalue weighted by Gasteiger charge is -2.01. The van der Waals surface area contributed by atoms with E-state index < -0.39 is 0 Å². The number of aromatic nitrogens is 1. The maximum absolute atomic E-state index is 6.11. The number of rotatable bonds is 0. The Morgan fingerprint density at radius 1 is 0.833 bits per heavy atom. The van der Waals surface area contributed by atoms with Crippen LogP contribution in [0.25, 0.3) is 27.2 Å². The maximum atomic E-state index is 6.11. The number of fused-ring (bicyclic) bond motifs is 5. The molecule has 0 saturated carbocycles.